The van der Waals surface area contributed by atoms with Crippen molar-refractivity contribution in [1.82, 2.24) is 0 Å². The number of hydrogen-bond acceptors (Lipinski definition) is 0. The minimum Gasteiger partial charge on any atom is -0.118 e. The Morgan fingerprint density at radius 2 is 1.86 bits per heavy atom. The van der Waals surface area contributed by atoms with Crippen molar-refractivity contribution in [2.75, 3.05) is 0 Å². The maximum Gasteiger partial charge on any atom is 0.0587 e. The molecule has 1 saturated carbocycles. The third-order valence-corrected chi connectivity index (χ3v) is 3.68. The lowest BCUT2D eigenvalue weighted by Gasteiger charge is -2.27. The third-order valence-electron chi connectivity index (χ3n) is 3.00. The van der Waals surface area contributed by atoms with Gasteiger partial charge in [0.15, 0.2) is 0 Å². The standard InChI is InChI=1S/C12H14Cl2/c13-11-6-4-10(5-7-11)12(14)8-9-2-1-3-9/h4-7,9,12H,1-3,8H2. The van der Waals surface area contributed by atoms with Crippen LogP contribution >= 0.6 is 23.2 Å². The molecule has 0 N–H and O–H groups in total. The topological polar surface area (TPSA) is 0 Å². The molecule has 2 rings (SSSR count). The van der Waals surface area contributed by atoms with Gasteiger partial charge in [-0.2, -0.15) is 0 Å². The van der Waals surface area contributed by atoms with Crippen LogP contribution in [0.25, 0.3) is 0 Å². The molecule has 0 radical (unpaired) electrons. The fourth-order valence-electron chi connectivity index (χ4n) is 1.83. The summed E-state index contributed by atoms with van der Waals surface area (Å²) < 4.78 is 0. The number of benzene rings is 1. The number of hydrogen-bond donors (Lipinski definition) is 0. The van der Waals surface area contributed by atoms with Gasteiger partial charge in [0, 0.05) is 5.02 Å². The molecule has 0 nitrogen and oxygen atoms in total. The third kappa shape index (κ3) is 2.43. The van der Waals surface area contributed by atoms with E-state index in [0.717, 1.165) is 17.4 Å². The van der Waals surface area contributed by atoms with Crippen LogP contribution in [0.5, 0.6) is 0 Å². The lowest BCUT2D eigenvalue weighted by molar-refractivity contribution is 0.293. The van der Waals surface area contributed by atoms with Gasteiger partial charge in [-0.3, -0.25) is 0 Å². The highest BCUT2D eigenvalue weighted by Crippen LogP contribution is 2.37. The molecule has 0 heterocycles. The Morgan fingerprint density at radius 1 is 1.21 bits per heavy atom. The lowest BCUT2D eigenvalue weighted by atomic mass is 9.81. The fraction of sp³-hybridized carbons (Fsp3) is 0.500. The molecule has 0 spiro atoms. The summed E-state index contributed by atoms with van der Waals surface area (Å²) in [6.45, 7) is 0. The minimum absolute atomic E-state index is 0.164. The average molecular weight is 229 g/mol. The van der Waals surface area contributed by atoms with Crippen LogP contribution in [0.3, 0.4) is 0 Å². The van der Waals surface area contributed by atoms with Crippen molar-refractivity contribution >= 4 is 23.2 Å². The van der Waals surface area contributed by atoms with E-state index in [1.54, 1.807) is 0 Å². The van der Waals surface area contributed by atoms with Crippen molar-refractivity contribution in [3.8, 4) is 0 Å². The predicted octanol–water partition coefficient (Wildman–Crippen LogP) is 4.81. The van der Waals surface area contributed by atoms with Crippen molar-refractivity contribution in [2.24, 2.45) is 5.92 Å². The molecule has 1 aliphatic carbocycles. The van der Waals surface area contributed by atoms with Gasteiger partial charge in [-0.05, 0) is 30.0 Å². The molecule has 1 aliphatic rings. The van der Waals surface area contributed by atoms with E-state index >= 15 is 0 Å². The van der Waals surface area contributed by atoms with E-state index in [0.29, 0.717) is 0 Å². The first-order chi connectivity index (χ1) is 6.75. The average Bonchev–Trinajstić information content (AvgIpc) is 2.12. The molecule has 0 aliphatic heterocycles. The number of rotatable bonds is 3. The molecule has 0 amide bonds. The Labute approximate surface area is 95.2 Å². The first kappa shape index (κ1) is 10.3. The van der Waals surface area contributed by atoms with Crippen LogP contribution in [-0.2, 0) is 0 Å². The molecule has 1 fully saturated rings. The maximum atomic E-state index is 6.32. The van der Waals surface area contributed by atoms with Crippen LogP contribution in [0, 0.1) is 5.92 Å². The normalized spacial score (nSPS) is 19.0. The zero-order chi connectivity index (χ0) is 9.97. The highest BCUT2D eigenvalue weighted by Gasteiger charge is 2.21. The summed E-state index contributed by atoms with van der Waals surface area (Å²) in [6.07, 6.45) is 5.21. The molecule has 1 aromatic rings. The highest BCUT2D eigenvalue weighted by molar-refractivity contribution is 6.30. The Kier molecular flexibility index (Phi) is 3.35. The van der Waals surface area contributed by atoms with Gasteiger partial charge in [0.2, 0.25) is 0 Å². The smallest absolute Gasteiger partial charge is 0.0587 e. The summed E-state index contributed by atoms with van der Waals surface area (Å²) >= 11 is 12.1. The van der Waals surface area contributed by atoms with E-state index in [9.17, 15) is 0 Å². The van der Waals surface area contributed by atoms with Gasteiger partial charge in [0.05, 0.1) is 5.38 Å². The summed E-state index contributed by atoms with van der Waals surface area (Å²) in [6, 6.07) is 7.87. The summed E-state index contributed by atoms with van der Waals surface area (Å²) in [5.74, 6) is 0.855. The van der Waals surface area contributed by atoms with Crippen LogP contribution in [0.15, 0.2) is 24.3 Å². The molecule has 1 aromatic carbocycles. The van der Waals surface area contributed by atoms with E-state index < -0.39 is 0 Å². The summed E-state index contributed by atoms with van der Waals surface area (Å²) in [5, 5.41) is 0.943. The summed E-state index contributed by atoms with van der Waals surface area (Å²) in [7, 11) is 0. The van der Waals surface area contributed by atoms with Crippen molar-refractivity contribution in [2.45, 2.75) is 31.1 Å². The minimum atomic E-state index is 0.164. The largest absolute Gasteiger partial charge is 0.118 e. The number of halogens is 2. The van der Waals surface area contributed by atoms with Crippen LogP contribution in [-0.4, -0.2) is 0 Å². The molecule has 1 unspecified atom stereocenters. The van der Waals surface area contributed by atoms with Gasteiger partial charge < -0.3 is 0 Å². The van der Waals surface area contributed by atoms with Gasteiger partial charge in [0.1, 0.15) is 0 Å². The Bertz CT molecular complexity index is 288. The van der Waals surface area contributed by atoms with Gasteiger partial charge in [-0.25, -0.2) is 0 Å². The second-order valence-electron chi connectivity index (χ2n) is 4.05. The molecule has 2 heteroatoms. The van der Waals surface area contributed by atoms with Crippen LogP contribution in [0.4, 0.5) is 0 Å². The molecular weight excluding hydrogens is 215 g/mol. The van der Waals surface area contributed by atoms with Gasteiger partial charge in [-0.1, -0.05) is 43.0 Å². The first-order valence-electron chi connectivity index (χ1n) is 5.15. The van der Waals surface area contributed by atoms with Crippen molar-refractivity contribution < 1.29 is 0 Å². The Hall–Kier alpha value is -0.200. The van der Waals surface area contributed by atoms with Gasteiger partial charge in [-0.15, -0.1) is 11.6 Å². The van der Waals surface area contributed by atoms with Crippen molar-refractivity contribution in [3.05, 3.63) is 34.9 Å². The zero-order valence-corrected chi connectivity index (χ0v) is 9.56. The molecule has 0 saturated heterocycles. The van der Waals surface area contributed by atoms with Crippen LogP contribution in [0.2, 0.25) is 5.02 Å². The molecule has 0 aromatic heterocycles. The van der Waals surface area contributed by atoms with Crippen LogP contribution < -0.4 is 0 Å². The second kappa shape index (κ2) is 4.55. The Morgan fingerprint density at radius 3 is 2.36 bits per heavy atom. The monoisotopic (exact) mass is 228 g/mol. The number of alkyl halides is 1. The molecule has 1 atom stereocenters. The van der Waals surface area contributed by atoms with Crippen LogP contribution in [0.1, 0.15) is 36.6 Å². The highest BCUT2D eigenvalue weighted by atomic mass is 35.5. The van der Waals surface area contributed by atoms with E-state index in [-0.39, 0.29) is 5.38 Å². The lowest BCUT2D eigenvalue weighted by Crippen LogP contribution is -2.12. The van der Waals surface area contributed by atoms with E-state index in [1.807, 2.05) is 24.3 Å². The Balaban J connectivity index is 1.95. The SMILES string of the molecule is Clc1ccc(C(Cl)CC2CCC2)cc1. The summed E-state index contributed by atoms with van der Waals surface area (Å²) in [4.78, 5) is 0. The quantitative estimate of drug-likeness (QED) is 0.652. The summed E-state index contributed by atoms with van der Waals surface area (Å²) in [5.41, 5.74) is 1.20. The predicted molar refractivity (Wildman–Crippen MR) is 62.0 cm³/mol. The van der Waals surface area contributed by atoms with Crippen molar-refractivity contribution in [3.63, 3.8) is 0 Å². The molecule has 76 valence electrons. The van der Waals surface area contributed by atoms with Gasteiger partial charge in [0.25, 0.3) is 0 Å². The van der Waals surface area contributed by atoms with E-state index in [4.69, 9.17) is 23.2 Å². The first-order valence-corrected chi connectivity index (χ1v) is 5.96. The van der Waals surface area contributed by atoms with Crippen molar-refractivity contribution in [1.29, 1.82) is 0 Å². The molecule has 14 heavy (non-hydrogen) atoms. The van der Waals surface area contributed by atoms with E-state index in [1.165, 1.54) is 24.8 Å². The van der Waals surface area contributed by atoms with Gasteiger partial charge >= 0.3 is 0 Å². The maximum absolute atomic E-state index is 6.32. The van der Waals surface area contributed by atoms with E-state index in [2.05, 4.69) is 0 Å². The molecule has 0 bridgehead atoms. The second-order valence-corrected chi connectivity index (χ2v) is 5.01. The molecular formula is C12H14Cl2. The zero-order valence-electron chi connectivity index (χ0n) is 8.05. The fourth-order valence-corrected chi connectivity index (χ4v) is 2.35.